The molecule has 0 aliphatic carbocycles. The number of anilines is 1. The average molecular weight is 413 g/mol. The standard InChI is InChI=1S/C21H20FN3O3S/c1-4-28-21(27)18-9-10-19(23-13(18)2)20(26)25(11-16-12-29-14(3)24-16)17-7-5-15(22)6-8-17/h5-10,12H,4,11H2,1-3H3. The summed E-state index contributed by atoms with van der Waals surface area (Å²) in [6.07, 6.45) is 0. The summed E-state index contributed by atoms with van der Waals surface area (Å²) in [5.74, 6) is -1.25. The Morgan fingerprint density at radius 3 is 2.41 bits per heavy atom. The number of esters is 1. The molecule has 0 aliphatic rings. The van der Waals surface area contributed by atoms with Gasteiger partial charge in [0.05, 0.1) is 35.1 Å². The largest absolute Gasteiger partial charge is 0.462 e. The molecule has 3 rings (SSSR count). The second kappa shape index (κ2) is 8.91. The fourth-order valence-corrected chi connectivity index (χ4v) is 3.39. The van der Waals surface area contributed by atoms with Crippen LogP contribution >= 0.6 is 11.3 Å². The number of hydrogen-bond acceptors (Lipinski definition) is 6. The number of pyridine rings is 1. The smallest absolute Gasteiger partial charge is 0.339 e. The molecule has 29 heavy (non-hydrogen) atoms. The van der Waals surface area contributed by atoms with Gasteiger partial charge in [-0.2, -0.15) is 0 Å². The molecule has 0 atom stereocenters. The van der Waals surface area contributed by atoms with Gasteiger partial charge >= 0.3 is 5.97 Å². The van der Waals surface area contributed by atoms with Crippen LogP contribution in [-0.4, -0.2) is 28.5 Å². The first-order valence-electron chi connectivity index (χ1n) is 9.02. The minimum atomic E-state index is -0.482. The Balaban J connectivity index is 1.94. The molecule has 3 aromatic rings. The zero-order valence-corrected chi connectivity index (χ0v) is 17.1. The Kier molecular flexibility index (Phi) is 6.33. The zero-order chi connectivity index (χ0) is 21.0. The van der Waals surface area contributed by atoms with E-state index in [9.17, 15) is 14.0 Å². The molecule has 0 unspecified atom stereocenters. The Labute approximate surface area is 172 Å². The highest BCUT2D eigenvalue weighted by Crippen LogP contribution is 2.22. The van der Waals surface area contributed by atoms with Crippen LogP contribution in [-0.2, 0) is 11.3 Å². The van der Waals surface area contributed by atoms with Gasteiger partial charge in [-0.25, -0.2) is 19.2 Å². The fraction of sp³-hybridized carbons (Fsp3) is 0.238. The summed E-state index contributed by atoms with van der Waals surface area (Å²) in [5, 5.41) is 2.76. The van der Waals surface area contributed by atoms with Crippen LogP contribution in [0.3, 0.4) is 0 Å². The fourth-order valence-electron chi connectivity index (χ4n) is 2.79. The first-order valence-corrected chi connectivity index (χ1v) is 9.90. The number of rotatable bonds is 6. The molecule has 150 valence electrons. The highest BCUT2D eigenvalue weighted by Gasteiger charge is 2.22. The molecular weight excluding hydrogens is 393 g/mol. The lowest BCUT2D eigenvalue weighted by Gasteiger charge is -2.22. The summed E-state index contributed by atoms with van der Waals surface area (Å²) < 4.78 is 18.4. The Morgan fingerprint density at radius 1 is 1.10 bits per heavy atom. The predicted octanol–water partition coefficient (Wildman–Crippen LogP) is 4.32. The molecule has 0 saturated carbocycles. The molecular formula is C21H20FN3O3S. The normalized spacial score (nSPS) is 10.6. The lowest BCUT2D eigenvalue weighted by atomic mass is 10.1. The summed E-state index contributed by atoms with van der Waals surface area (Å²) in [4.78, 5) is 35.4. The van der Waals surface area contributed by atoms with Crippen molar-refractivity contribution in [3.8, 4) is 0 Å². The highest BCUT2D eigenvalue weighted by atomic mass is 32.1. The van der Waals surface area contributed by atoms with E-state index in [4.69, 9.17) is 4.74 Å². The lowest BCUT2D eigenvalue weighted by molar-refractivity contribution is 0.0524. The molecule has 8 heteroatoms. The molecule has 0 saturated heterocycles. The molecule has 0 N–H and O–H groups in total. The van der Waals surface area contributed by atoms with Crippen molar-refractivity contribution in [2.75, 3.05) is 11.5 Å². The number of aryl methyl sites for hydroxylation is 2. The third kappa shape index (κ3) is 4.83. The monoisotopic (exact) mass is 413 g/mol. The van der Waals surface area contributed by atoms with Gasteiger partial charge in [0.25, 0.3) is 5.91 Å². The molecule has 0 radical (unpaired) electrons. The highest BCUT2D eigenvalue weighted by molar-refractivity contribution is 7.09. The Morgan fingerprint density at radius 2 is 1.83 bits per heavy atom. The van der Waals surface area contributed by atoms with Gasteiger partial charge in [-0.1, -0.05) is 0 Å². The third-order valence-electron chi connectivity index (χ3n) is 4.17. The quantitative estimate of drug-likeness (QED) is 0.563. The second-order valence-electron chi connectivity index (χ2n) is 6.28. The van der Waals surface area contributed by atoms with Crippen LogP contribution in [0, 0.1) is 19.7 Å². The van der Waals surface area contributed by atoms with Crippen molar-refractivity contribution in [1.29, 1.82) is 0 Å². The number of carbonyl (C=O) groups excluding carboxylic acids is 2. The van der Waals surface area contributed by atoms with Gasteiger partial charge in [0.2, 0.25) is 0 Å². The minimum Gasteiger partial charge on any atom is -0.462 e. The summed E-state index contributed by atoms with van der Waals surface area (Å²) in [7, 11) is 0. The first kappa shape index (κ1) is 20.6. The van der Waals surface area contributed by atoms with Gasteiger partial charge in [-0.15, -0.1) is 11.3 Å². The van der Waals surface area contributed by atoms with Gasteiger partial charge < -0.3 is 9.64 Å². The first-order chi connectivity index (χ1) is 13.9. The van der Waals surface area contributed by atoms with Crippen LogP contribution in [0.15, 0.2) is 41.8 Å². The van der Waals surface area contributed by atoms with Crippen molar-refractivity contribution in [3.05, 3.63) is 75.2 Å². The van der Waals surface area contributed by atoms with Crippen LogP contribution in [0.5, 0.6) is 0 Å². The molecule has 2 heterocycles. The third-order valence-corrected chi connectivity index (χ3v) is 4.99. The van der Waals surface area contributed by atoms with E-state index in [1.807, 2.05) is 12.3 Å². The number of carbonyl (C=O) groups is 2. The number of nitrogens with zero attached hydrogens (tertiary/aromatic N) is 3. The van der Waals surface area contributed by atoms with Crippen LogP contribution in [0.25, 0.3) is 0 Å². The molecule has 1 amide bonds. The molecule has 0 bridgehead atoms. The molecule has 0 aliphatic heterocycles. The topological polar surface area (TPSA) is 72.4 Å². The van der Waals surface area contributed by atoms with Crippen molar-refractivity contribution in [1.82, 2.24) is 9.97 Å². The van der Waals surface area contributed by atoms with Gasteiger partial charge in [0.15, 0.2) is 0 Å². The summed E-state index contributed by atoms with van der Waals surface area (Å²) in [6.45, 7) is 5.73. The Bertz CT molecular complexity index is 1030. The average Bonchev–Trinajstić information content (AvgIpc) is 3.11. The lowest BCUT2D eigenvalue weighted by Crippen LogP contribution is -2.31. The molecule has 0 fully saturated rings. The van der Waals surface area contributed by atoms with E-state index >= 15 is 0 Å². The van der Waals surface area contributed by atoms with Gasteiger partial charge in [-0.05, 0) is 57.2 Å². The van der Waals surface area contributed by atoms with Gasteiger partial charge in [0, 0.05) is 11.1 Å². The molecule has 0 spiro atoms. The molecule has 6 nitrogen and oxygen atoms in total. The van der Waals surface area contributed by atoms with E-state index in [2.05, 4.69) is 9.97 Å². The Hall–Kier alpha value is -3.13. The van der Waals surface area contributed by atoms with Crippen LogP contribution in [0.1, 0.15) is 44.2 Å². The molecule has 1 aromatic carbocycles. The van der Waals surface area contributed by atoms with Crippen LogP contribution < -0.4 is 4.90 Å². The molecule has 2 aromatic heterocycles. The zero-order valence-electron chi connectivity index (χ0n) is 16.3. The maximum atomic E-state index is 13.4. The van der Waals surface area contributed by atoms with Crippen molar-refractivity contribution in [2.45, 2.75) is 27.3 Å². The van der Waals surface area contributed by atoms with E-state index in [1.54, 1.807) is 13.8 Å². The van der Waals surface area contributed by atoms with Crippen molar-refractivity contribution >= 4 is 28.9 Å². The number of ether oxygens (including phenoxy) is 1. The maximum absolute atomic E-state index is 13.4. The number of halogens is 1. The van der Waals surface area contributed by atoms with E-state index in [0.29, 0.717) is 16.9 Å². The number of hydrogen-bond donors (Lipinski definition) is 0. The van der Waals surface area contributed by atoms with Crippen molar-refractivity contribution < 1.29 is 18.7 Å². The van der Waals surface area contributed by atoms with Crippen LogP contribution in [0.2, 0.25) is 0 Å². The summed E-state index contributed by atoms with van der Waals surface area (Å²) in [6, 6.07) is 8.68. The summed E-state index contributed by atoms with van der Waals surface area (Å²) in [5.41, 5.74) is 2.14. The SMILES string of the molecule is CCOC(=O)c1ccc(C(=O)N(Cc2csc(C)n2)c2ccc(F)cc2)nc1C. The summed E-state index contributed by atoms with van der Waals surface area (Å²) >= 11 is 1.49. The van der Waals surface area contributed by atoms with Gasteiger partial charge in [-0.3, -0.25) is 4.79 Å². The van der Waals surface area contributed by atoms with Crippen molar-refractivity contribution in [3.63, 3.8) is 0 Å². The minimum absolute atomic E-state index is 0.173. The van der Waals surface area contributed by atoms with E-state index in [0.717, 1.165) is 10.7 Å². The van der Waals surface area contributed by atoms with Crippen molar-refractivity contribution in [2.24, 2.45) is 0 Å². The number of benzene rings is 1. The van der Waals surface area contributed by atoms with E-state index in [-0.39, 0.29) is 24.8 Å². The van der Waals surface area contributed by atoms with E-state index in [1.165, 1.54) is 52.6 Å². The number of aromatic nitrogens is 2. The van der Waals surface area contributed by atoms with Gasteiger partial charge in [0.1, 0.15) is 11.5 Å². The van der Waals surface area contributed by atoms with E-state index < -0.39 is 11.8 Å². The predicted molar refractivity (Wildman–Crippen MR) is 109 cm³/mol. The van der Waals surface area contributed by atoms with Crippen LogP contribution in [0.4, 0.5) is 10.1 Å². The second-order valence-corrected chi connectivity index (χ2v) is 7.34. The number of amides is 1. The number of thiazole rings is 1. The maximum Gasteiger partial charge on any atom is 0.339 e.